The van der Waals surface area contributed by atoms with E-state index < -0.39 is 51.8 Å². The first-order chi connectivity index (χ1) is 26.2. The zero-order valence-electron chi connectivity index (χ0n) is 33.1. The second-order valence-electron chi connectivity index (χ2n) is 12.9. The summed E-state index contributed by atoms with van der Waals surface area (Å²) < 4.78 is 32.6. The third kappa shape index (κ3) is 37.5. The zero-order valence-corrected chi connectivity index (χ0v) is 34.0. The molecule has 0 saturated heterocycles. The standard InChI is InChI=1S/C43H71O10P/c1-3-5-7-9-11-13-15-17-19-20-21-23-25-27-29-31-33-35-43(47)53-41(39-52-54(48,49)51-37-40(45)36-44)38-50-42(46)34-32-30-28-26-24-22-18-16-14-12-10-8-6-4-2/h5,7,10-13,16-19,21,23,27,29,40-41,44-45H,3-4,6,8-9,14-15,20,22,24-26,28,30-39H2,1-2H3,(H,48,49)/b7-5-,12-10-,13-11-,18-16-,19-17-,23-21-,29-27-/t40-,41+/m0/s1. The maximum absolute atomic E-state index is 12.6. The number of unbranched alkanes of at least 4 members (excludes halogenated alkanes) is 8. The number of carbonyl (C=O) groups is 2. The summed E-state index contributed by atoms with van der Waals surface area (Å²) in [6, 6.07) is 0. The first-order valence-corrected chi connectivity index (χ1v) is 21.5. The number of rotatable bonds is 36. The number of aliphatic hydroxyl groups is 2. The second kappa shape index (κ2) is 38.4. The highest BCUT2D eigenvalue weighted by atomic mass is 31.2. The maximum Gasteiger partial charge on any atom is 0.472 e. The minimum Gasteiger partial charge on any atom is -0.462 e. The minimum absolute atomic E-state index is 0.0978. The van der Waals surface area contributed by atoms with Crippen molar-refractivity contribution in [2.75, 3.05) is 26.4 Å². The predicted molar refractivity (Wildman–Crippen MR) is 219 cm³/mol. The third-order valence-electron chi connectivity index (χ3n) is 7.78. The van der Waals surface area contributed by atoms with Gasteiger partial charge in [0, 0.05) is 12.8 Å². The largest absolute Gasteiger partial charge is 0.472 e. The van der Waals surface area contributed by atoms with E-state index in [2.05, 4.69) is 91.3 Å². The Bertz CT molecular complexity index is 1170. The van der Waals surface area contributed by atoms with Crippen LogP contribution in [0.15, 0.2) is 85.1 Å². The molecule has 0 fully saturated rings. The highest BCUT2D eigenvalue weighted by molar-refractivity contribution is 7.47. The third-order valence-corrected chi connectivity index (χ3v) is 8.73. The van der Waals surface area contributed by atoms with Crippen molar-refractivity contribution in [3.63, 3.8) is 0 Å². The number of allylic oxidation sites excluding steroid dienone is 14. The van der Waals surface area contributed by atoms with Crippen molar-refractivity contribution < 1.29 is 47.8 Å². The average Bonchev–Trinajstić information content (AvgIpc) is 3.16. The van der Waals surface area contributed by atoms with E-state index in [-0.39, 0.29) is 19.4 Å². The van der Waals surface area contributed by atoms with Crippen LogP contribution < -0.4 is 0 Å². The van der Waals surface area contributed by atoms with Crippen LogP contribution in [-0.4, -0.2) is 65.7 Å². The van der Waals surface area contributed by atoms with Crippen LogP contribution in [0.2, 0.25) is 0 Å². The Morgan fingerprint density at radius 3 is 1.59 bits per heavy atom. The van der Waals surface area contributed by atoms with Crippen molar-refractivity contribution in [2.24, 2.45) is 0 Å². The molecule has 54 heavy (non-hydrogen) atoms. The molecule has 0 aliphatic rings. The summed E-state index contributed by atoms with van der Waals surface area (Å²) in [6.07, 6.45) is 44.1. The quantitative estimate of drug-likeness (QED) is 0.0243. The molecule has 0 bridgehead atoms. The minimum atomic E-state index is -4.64. The van der Waals surface area contributed by atoms with Crippen LogP contribution in [0.25, 0.3) is 0 Å². The fourth-order valence-corrected chi connectivity index (χ4v) is 5.48. The first kappa shape index (κ1) is 51.1. The zero-order chi connectivity index (χ0) is 39.8. The molecule has 10 nitrogen and oxygen atoms in total. The number of carbonyl (C=O) groups excluding carboxylic acids is 2. The Morgan fingerprint density at radius 1 is 0.574 bits per heavy atom. The van der Waals surface area contributed by atoms with Crippen molar-refractivity contribution in [1.82, 2.24) is 0 Å². The number of hydrogen-bond donors (Lipinski definition) is 3. The lowest BCUT2D eigenvalue weighted by atomic mass is 10.1. The molecule has 0 amide bonds. The molecular weight excluding hydrogens is 707 g/mol. The smallest absolute Gasteiger partial charge is 0.462 e. The molecule has 3 N–H and O–H groups in total. The van der Waals surface area contributed by atoms with Crippen LogP contribution in [0.4, 0.5) is 0 Å². The van der Waals surface area contributed by atoms with Gasteiger partial charge in [-0.15, -0.1) is 0 Å². The maximum atomic E-state index is 12.6. The summed E-state index contributed by atoms with van der Waals surface area (Å²) in [5.41, 5.74) is 0. The van der Waals surface area contributed by atoms with Crippen molar-refractivity contribution in [3.05, 3.63) is 85.1 Å². The number of hydrogen-bond acceptors (Lipinski definition) is 9. The highest BCUT2D eigenvalue weighted by Gasteiger charge is 2.27. The molecule has 0 spiro atoms. The Hall–Kier alpha value is -2.85. The average molecular weight is 779 g/mol. The summed E-state index contributed by atoms with van der Waals surface area (Å²) in [5, 5.41) is 18.3. The summed E-state index contributed by atoms with van der Waals surface area (Å²) >= 11 is 0. The van der Waals surface area contributed by atoms with Gasteiger partial charge in [-0.1, -0.05) is 131 Å². The van der Waals surface area contributed by atoms with Crippen molar-refractivity contribution in [1.29, 1.82) is 0 Å². The van der Waals surface area contributed by atoms with Crippen LogP contribution in [0.1, 0.15) is 136 Å². The van der Waals surface area contributed by atoms with E-state index in [0.717, 1.165) is 77.0 Å². The summed E-state index contributed by atoms with van der Waals surface area (Å²) in [4.78, 5) is 34.9. The molecule has 0 rings (SSSR count). The molecule has 0 saturated carbocycles. The van der Waals surface area contributed by atoms with Gasteiger partial charge in [0.2, 0.25) is 0 Å². The molecule has 0 aromatic carbocycles. The summed E-state index contributed by atoms with van der Waals surface area (Å²) in [7, 11) is -4.64. The van der Waals surface area contributed by atoms with E-state index in [4.69, 9.17) is 19.1 Å². The van der Waals surface area contributed by atoms with Gasteiger partial charge in [-0.25, -0.2) is 4.57 Å². The molecule has 0 radical (unpaired) electrons. The molecule has 0 aromatic heterocycles. The molecule has 3 atom stereocenters. The van der Waals surface area contributed by atoms with E-state index >= 15 is 0 Å². The van der Waals surface area contributed by atoms with E-state index in [1.165, 1.54) is 12.8 Å². The van der Waals surface area contributed by atoms with Crippen molar-refractivity contribution in [2.45, 2.75) is 148 Å². The molecule has 11 heteroatoms. The van der Waals surface area contributed by atoms with Gasteiger partial charge in [0.05, 0.1) is 19.8 Å². The molecule has 0 aliphatic heterocycles. The predicted octanol–water partition coefficient (Wildman–Crippen LogP) is 10.3. The molecular formula is C43H71O10P. The molecule has 0 aliphatic carbocycles. The van der Waals surface area contributed by atoms with Crippen LogP contribution in [0, 0.1) is 0 Å². The van der Waals surface area contributed by atoms with Gasteiger partial charge in [0.1, 0.15) is 12.7 Å². The molecule has 1 unspecified atom stereocenters. The fourth-order valence-electron chi connectivity index (χ4n) is 4.69. The number of esters is 2. The van der Waals surface area contributed by atoms with E-state index in [0.29, 0.717) is 19.3 Å². The van der Waals surface area contributed by atoms with Gasteiger partial charge in [0.25, 0.3) is 0 Å². The molecule has 308 valence electrons. The van der Waals surface area contributed by atoms with Crippen molar-refractivity contribution in [3.8, 4) is 0 Å². The first-order valence-electron chi connectivity index (χ1n) is 20.0. The van der Waals surface area contributed by atoms with Gasteiger partial charge in [-0.05, 0) is 77.0 Å². The van der Waals surface area contributed by atoms with Gasteiger partial charge in [0.15, 0.2) is 6.10 Å². The number of aliphatic hydroxyl groups excluding tert-OH is 2. The number of phosphoric ester groups is 1. The van der Waals surface area contributed by atoms with E-state index in [9.17, 15) is 24.2 Å². The lowest BCUT2D eigenvalue weighted by molar-refractivity contribution is -0.161. The SMILES string of the molecule is CC/C=C\C/C=C\C/C=C\C/C=C\C/C=C\CCCC(=O)O[C@H](COC(=O)CCCCCCC/C=C\C/C=C\CCCC)COP(=O)(O)OC[C@@H](O)CO. The van der Waals surface area contributed by atoms with Crippen LogP contribution in [-0.2, 0) is 32.7 Å². The van der Waals surface area contributed by atoms with Gasteiger partial charge in [-0.3, -0.25) is 18.6 Å². The van der Waals surface area contributed by atoms with Crippen molar-refractivity contribution >= 4 is 19.8 Å². The summed E-state index contributed by atoms with van der Waals surface area (Å²) in [5.74, 6) is -1.02. The van der Waals surface area contributed by atoms with Crippen LogP contribution >= 0.6 is 7.82 Å². The molecule has 0 heterocycles. The van der Waals surface area contributed by atoms with Crippen LogP contribution in [0.3, 0.4) is 0 Å². The van der Waals surface area contributed by atoms with E-state index in [1.807, 2.05) is 12.2 Å². The molecule has 0 aromatic rings. The number of phosphoric acid groups is 1. The normalized spacial score (nSPS) is 14.8. The lowest BCUT2D eigenvalue weighted by Crippen LogP contribution is -2.29. The van der Waals surface area contributed by atoms with Gasteiger partial charge >= 0.3 is 19.8 Å². The number of ether oxygens (including phenoxy) is 2. The Kier molecular flexibility index (Phi) is 36.4. The van der Waals surface area contributed by atoms with Gasteiger partial charge in [-0.2, -0.15) is 0 Å². The van der Waals surface area contributed by atoms with Gasteiger partial charge < -0.3 is 24.6 Å². The Morgan fingerprint density at radius 2 is 1.04 bits per heavy atom. The Balaban J connectivity index is 4.49. The fraction of sp³-hybridized carbons (Fsp3) is 0.628. The van der Waals surface area contributed by atoms with E-state index in [1.54, 1.807) is 0 Å². The highest BCUT2D eigenvalue weighted by Crippen LogP contribution is 2.43. The monoisotopic (exact) mass is 778 g/mol. The lowest BCUT2D eigenvalue weighted by Gasteiger charge is -2.20. The topological polar surface area (TPSA) is 149 Å². The summed E-state index contributed by atoms with van der Waals surface area (Å²) in [6.45, 7) is 2.11. The Labute approximate surface area is 326 Å². The van der Waals surface area contributed by atoms with Crippen LogP contribution in [0.5, 0.6) is 0 Å². The second-order valence-corrected chi connectivity index (χ2v) is 14.4.